The fourth-order valence-corrected chi connectivity index (χ4v) is 5.15. The Bertz CT molecular complexity index is 1230. The molecule has 1 atom stereocenters. The number of ether oxygens (including phenoxy) is 1. The number of anilines is 1. The van der Waals surface area contributed by atoms with Gasteiger partial charge >= 0.3 is 6.09 Å². The first kappa shape index (κ1) is 24.0. The Morgan fingerprint density at radius 2 is 1.94 bits per heavy atom. The molecule has 2 aromatic carbocycles. The molecule has 35 heavy (non-hydrogen) atoms. The van der Waals surface area contributed by atoms with Crippen LogP contribution in [0.5, 0.6) is 0 Å². The van der Waals surface area contributed by atoms with E-state index in [2.05, 4.69) is 16.0 Å². The summed E-state index contributed by atoms with van der Waals surface area (Å²) >= 11 is 12.5. The van der Waals surface area contributed by atoms with E-state index in [1.807, 2.05) is 36.4 Å². The quantitative estimate of drug-likeness (QED) is 0.479. The van der Waals surface area contributed by atoms with Crippen LogP contribution in [0.25, 0.3) is 11.3 Å². The zero-order valence-electron chi connectivity index (χ0n) is 19.2. The van der Waals surface area contributed by atoms with Crippen LogP contribution >= 0.6 is 23.2 Å². The lowest BCUT2D eigenvalue weighted by atomic mass is 9.78. The molecule has 1 aromatic heterocycles. The van der Waals surface area contributed by atoms with Crippen molar-refractivity contribution in [3.05, 3.63) is 75.4 Å². The topological polar surface area (TPSA) is 78.8 Å². The van der Waals surface area contributed by atoms with E-state index in [9.17, 15) is 9.90 Å². The van der Waals surface area contributed by atoms with E-state index in [-0.39, 0.29) is 11.9 Å². The number of amides is 1. The van der Waals surface area contributed by atoms with Crippen LogP contribution in [-0.2, 0) is 11.2 Å². The number of benzene rings is 2. The molecule has 1 aliphatic carbocycles. The van der Waals surface area contributed by atoms with Crippen LogP contribution in [0.1, 0.15) is 29.0 Å². The summed E-state index contributed by atoms with van der Waals surface area (Å²) in [7, 11) is 0. The second kappa shape index (κ2) is 10.5. The second-order valence-electron chi connectivity index (χ2n) is 8.80. The van der Waals surface area contributed by atoms with Crippen molar-refractivity contribution in [2.24, 2.45) is 0 Å². The van der Waals surface area contributed by atoms with E-state index < -0.39 is 6.09 Å². The predicted molar refractivity (Wildman–Crippen MR) is 137 cm³/mol. The Balaban J connectivity index is 1.41. The highest BCUT2D eigenvalue weighted by molar-refractivity contribution is 6.42. The van der Waals surface area contributed by atoms with Gasteiger partial charge in [-0.3, -0.25) is 4.90 Å². The molecular formula is C26H26Cl2N4O3. The minimum atomic E-state index is -1.05. The Morgan fingerprint density at radius 1 is 1.14 bits per heavy atom. The Kier molecular flexibility index (Phi) is 7.20. The molecular weight excluding hydrogens is 487 g/mol. The first-order valence-electron chi connectivity index (χ1n) is 11.7. The molecule has 1 saturated heterocycles. The van der Waals surface area contributed by atoms with Crippen LogP contribution in [0.15, 0.2) is 48.7 Å². The molecule has 2 aliphatic rings. The van der Waals surface area contributed by atoms with E-state index in [1.54, 1.807) is 6.20 Å². The molecule has 0 bridgehead atoms. The molecule has 1 unspecified atom stereocenters. The Labute approximate surface area is 214 Å². The molecule has 182 valence electrons. The van der Waals surface area contributed by atoms with Gasteiger partial charge in [-0.2, -0.15) is 0 Å². The molecule has 1 fully saturated rings. The van der Waals surface area contributed by atoms with Crippen molar-refractivity contribution in [1.82, 2.24) is 14.9 Å². The number of halogens is 2. The molecule has 1 aliphatic heterocycles. The van der Waals surface area contributed by atoms with E-state index >= 15 is 0 Å². The average Bonchev–Trinajstić information content (AvgIpc) is 2.88. The molecule has 7 nitrogen and oxygen atoms in total. The van der Waals surface area contributed by atoms with Crippen molar-refractivity contribution >= 4 is 35.2 Å². The third-order valence-corrected chi connectivity index (χ3v) is 7.38. The first-order valence-corrected chi connectivity index (χ1v) is 12.5. The summed E-state index contributed by atoms with van der Waals surface area (Å²) in [5, 5.41) is 10.9. The molecule has 1 N–H and O–H groups in total. The largest absolute Gasteiger partial charge is 0.465 e. The lowest BCUT2D eigenvalue weighted by Gasteiger charge is -2.29. The molecule has 0 radical (unpaired) electrons. The number of carbonyl (C=O) groups is 1. The fourth-order valence-electron chi connectivity index (χ4n) is 4.84. The maximum absolute atomic E-state index is 12.1. The summed E-state index contributed by atoms with van der Waals surface area (Å²) in [6, 6.07) is 13.8. The number of aromatic nitrogens is 2. The molecule has 0 spiro atoms. The highest BCUT2D eigenvalue weighted by Gasteiger charge is 2.29. The number of morpholine rings is 1. The number of rotatable bonds is 6. The van der Waals surface area contributed by atoms with Gasteiger partial charge in [0.15, 0.2) is 0 Å². The SMILES string of the molecule is O=C(O)N(CCCN1CCOCC1)c1ncc2c(n1)-c1ccccc1C(c1ccc(Cl)c(Cl)c1)C2. The molecule has 5 rings (SSSR count). The van der Waals surface area contributed by atoms with Gasteiger partial charge in [0, 0.05) is 43.9 Å². The molecule has 0 saturated carbocycles. The summed E-state index contributed by atoms with van der Waals surface area (Å²) in [6.45, 7) is 4.34. The van der Waals surface area contributed by atoms with Crippen LogP contribution in [0, 0.1) is 0 Å². The van der Waals surface area contributed by atoms with Crippen molar-refractivity contribution in [2.75, 3.05) is 44.3 Å². The highest BCUT2D eigenvalue weighted by atomic mass is 35.5. The third kappa shape index (κ3) is 5.14. The smallest absolute Gasteiger partial charge is 0.414 e. The summed E-state index contributed by atoms with van der Waals surface area (Å²) in [4.78, 5) is 24.8. The van der Waals surface area contributed by atoms with Gasteiger partial charge in [-0.25, -0.2) is 19.7 Å². The summed E-state index contributed by atoms with van der Waals surface area (Å²) < 4.78 is 5.38. The van der Waals surface area contributed by atoms with Crippen LogP contribution in [0.3, 0.4) is 0 Å². The van der Waals surface area contributed by atoms with Crippen molar-refractivity contribution < 1.29 is 14.6 Å². The monoisotopic (exact) mass is 512 g/mol. The van der Waals surface area contributed by atoms with Gasteiger partial charge < -0.3 is 9.84 Å². The molecule has 9 heteroatoms. The maximum Gasteiger partial charge on any atom is 0.414 e. The highest BCUT2D eigenvalue weighted by Crippen LogP contribution is 2.43. The van der Waals surface area contributed by atoms with Crippen molar-refractivity contribution in [2.45, 2.75) is 18.8 Å². The number of fused-ring (bicyclic) bond motifs is 3. The lowest BCUT2D eigenvalue weighted by Crippen LogP contribution is -2.39. The number of hydrogen-bond donors (Lipinski definition) is 1. The van der Waals surface area contributed by atoms with Gasteiger partial charge in [0.2, 0.25) is 5.95 Å². The van der Waals surface area contributed by atoms with Crippen molar-refractivity contribution in [3.8, 4) is 11.3 Å². The lowest BCUT2D eigenvalue weighted by molar-refractivity contribution is 0.0376. The van der Waals surface area contributed by atoms with Crippen LogP contribution in [0.4, 0.5) is 10.7 Å². The first-order chi connectivity index (χ1) is 17.0. The average molecular weight is 513 g/mol. The minimum absolute atomic E-state index is 0.0759. The Hall–Kier alpha value is -2.71. The van der Waals surface area contributed by atoms with Gasteiger partial charge in [0.25, 0.3) is 0 Å². The minimum Gasteiger partial charge on any atom is -0.465 e. The number of nitrogens with zero attached hydrogens (tertiary/aromatic N) is 4. The zero-order valence-corrected chi connectivity index (χ0v) is 20.7. The van der Waals surface area contributed by atoms with Gasteiger partial charge in [0.05, 0.1) is 29.0 Å². The summed E-state index contributed by atoms with van der Waals surface area (Å²) in [6.07, 6.45) is 2.10. The van der Waals surface area contributed by atoms with Crippen LogP contribution in [-0.4, -0.2) is 65.5 Å². The molecule has 3 aromatic rings. The van der Waals surface area contributed by atoms with Crippen LogP contribution < -0.4 is 4.90 Å². The van der Waals surface area contributed by atoms with Gasteiger partial charge in [-0.05, 0) is 41.7 Å². The summed E-state index contributed by atoms with van der Waals surface area (Å²) in [5.74, 6) is 0.285. The molecule has 2 heterocycles. The zero-order chi connectivity index (χ0) is 24.4. The maximum atomic E-state index is 12.1. The van der Waals surface area contributed by atoms with E-state index in [1.165, 1.54) is 4.90 Å². The van der Waals surface area contributed by atoms with Crippen molar-refractivity contribution in [3.63, 3.8) is 0 Å². The third-order valence-electron chi connectivity index (χ3n) is 6.65. The van der Waals surface area contributed by atoms with E-state index in [4.69, 9.17) is 32.9 Å². The van der Waals surface area contributed by atoms with Crippen molar-refractivity contribution in [1.29, 1.82) is 0 Å². The van der Waals surface area contributed by atoms with E-state index in [0.29, 0.717) is 29.4 Å². The van der Waals surface area contributed by atoms with Gasteiger partial charge in [-0.1, -0.05) is 53.5 Å². The molecule has 1 amide bonds. The summed E-state index contributed by atoms with van der Waals surface area (Å²) in [5.41, 5.74) is 4.92. The van der Waals surface area contributed by atoms with Crippen LogP contribution in [0.2, 0.25) is 10.0 Å². The standard InChI is InChI=1S/C26H26Cl2N4O3/c27-22-7-6-17(15-23(22)28)21-14-18-16-29-25(30-24(18)20-5-2-1-4-19(20)21)32(26(33)34)9-3-8-31-10-12-35-13-11-31/h1-2,4-7,15-16,21H,3,8-14H2,(H,33,34). The normalized spacial score (nSPS) is 17.5. The van der Waals surface area contributed by atoms with Gasteiger partial charge in [0.1, 0.15) is 0 Å². The number of carboxylic acid groups (broad SMARTS) is 1. The second-order valence-corrected chi connectivity index (χ2v) is 9.62. The van der Waals surface area contributed by atoms with E-state index in [0.717, 1.165) is 60.8 Å². The Morgan fingerprint density at radius 3 is 2.71 bits per heavy atom. The predicted octanol–water partition coefficient (Wildman–Crippen LogP) is 5.35. The fraction of sp³-hybridized carbons (Fsp3) is 0.346. The number of hydrogen-bond acceptors (Lipinski definition) is 5. The van der Waals surface area contributed by atoms with Gasteiger partial charge in [-0.15, -0.1) is 0 Å².